The molecule has 1 atom stereocenters. The third kappa shape index (κ3) is 5.80. The first-order valence-corrected chi connectivity index (χ1v) is 10.3. The second-order valence-electron chi connectivity index (χ2n) is 7.74. The zero-order valence-electron chi connectivity index (χ0n) is 17.1. The van der Waals surface area contributed by atoms with Crippen LogP contribution in [0.4, 0.5) is 23.2 Å². The number of aliphatic hydroxyl groups excluding tert-OH is 1. The third-order valence-corrected chi connectivity index (χ3v) is 5.36. The van der Waals surface area contributed by atoms with Crippen LogP contribution in [0.1, 0.15) is 18.4 Å². The van der Waals surface area contributed by atoms with Crippen molar-refractivity contribution in [1.82, 2.24) is 10.2 Å². The first-order chi connectivity index (χ1) is 15.2. The van der Waals surface area contributed by atoms with Gasteiger partial charge >= 0.3 is 6.36 Å². The molecule has 0 aliphatic carbocycles. The van der Waals surface area contributed by atoms with E-state index in [0.29, 0.717) is 31.6 Å². The van der Waals surface area contributed by atoms with Crippen molar-refractivity contribution < 1.29 is 27.4 Å². The SMILES string of the molecule is OC1CCN(C2C=C(Nc3ccc(OC(F)(F)F)cc3)C=C(c3ccc(F)cc3)N2)CC1. The quantitative estimate of drug-likeness (QED) is 0.589. The summed E-state index contributed by atoms with van der Waals surface area (Å²) in [6.45, 7) is 1.42. The highest BCUT2D eigenvalue weighted by atomic mass is 19.4. The van der Waals surface area contributed by atoms with Crippen LogP contribution in [0.2, 0.25) is 0 Å². The number of likely N-dealkylation sites (tertiary alicyclic amines) is 1. The van der Waals surface area contributed by atoms with E-state index in [2.05, 4.69) is 20.3 Å². The van der Waals surface area contributed by atoms with Crippen LogP contribution in [0.5, 0.6) is 5.75 Å². The molecule has 1 saturated heterocycles. The number of hydrogen-bond donors (Lipinski definition) is 3. The monoisotopic (exact) mass is 449 g/mol. The molecule has 0 bridgehead atoms. The maximum atomic E-state index is 13.4. The van der Waals surface area contributed by atoms with Gasteiger partial charge in [-0.1, -0.05) is 12.1 Å². The van der Waals surface area contributed by atoms with E-state index in [4.69, 9.17) is 0 Å². The maximum Gasteiger partial charge on any atom is 0.573 e. The molecule has 2 aliphatic rings. The molecular formula is C23H23F4N3O2. The van der Waals surface area contributed by atoms with Crippen LogP contribution in [0.25, 0.3) is 5.70 Å². The number of allylic oxidation sites excluding steroid dienone is 1. The Balaban J connectivity index is 1.55. The molecule has 3 N–H and O–H groups in total. The average molecular weight is 449 g/mol. The van der Waals surface area contributed by atoms with E-state index in [1.807, 2.05) is 12.2 Å². The summed E-state index contributed by atoms with van der Waals surface area (Å²) in [6, 6.07) is 11.6. The summed E-state index contributed by atoms with van der Waals surface area (Å²) in [5, 5.41) is 16.5. The van der Waals surface area contributed by atoms with Gasteiger partial charge in [-0.05, 0) is 67.0 Å². The highest BCUT2D eigenvalue weighted by molar-refractivity contribution is 5.70. The Morgan fingerprint density at radius 3 is 2.28 bits per heavy atom. The number of halogens is 4. The lowest BCUT2D eigenvalue weighted by Gasteiger charge is -2.38. The van der Waals surface area contributed by atoms with Crippen LogP contribution in [-0.2, 0) is 0 Å². The molecular weight excluding hydrogens is 426 g/mol. The van der Waals surface area contributed by atoms with Crippen molar-refractivity contribution in [2.75, 3.05) is 18.4 Å². The van der Waals surface area contributed by atoms with Gasteiger partial charge in [0.25, 0.3) is 0 Å². The van der Waals surface area contributed by atoms with Gasteiger partial charge < -0.3 is 20.5 Å². The largest absolute Gasteiger partial charge is 0.573 e. The number of hydrogen-bond acceptors (Lipinski definition) is 5. The molecule has 9 heteroatoms. The number of dihydropyridines is 1. The molecule has 2 aromatic carbocycles. The summed E-state index contributed by atoms with van der Waals surface area (Å²) in [6.07, 6.45) is -0.0261. The van der Waals surface area contributed by atoms with Crippen LogP contribution in [0.3, 0.4) is 0 Å². The second kappa shape index (κ2) is 9.22. The van der Waals surface area contributed by atoms with E-state index in [1.165, 1.54) is 36.4 Å². The molecule has 2 aliphatic heterocycles. The van der Waals surface area contributed by atoms with Crippen LogP contribution >= 0.6 is 0 Å². The van der Waals surface area contributed by atoms with Gasteiger partial charge in [-0.2, -0.15) is 0 Å². The number of ether oxygens (including phenoxy) is 1. The fraction of sp³-hybridized carbons (Fsp3) is 0.304. The fourth-order valence-electron chi connectivity index (χ4n) is 3.76. The van der Waals surface area contributed by atoms with Crippen LogP contribution in [0, 0.1) is 5.82 Å². The number of benzene rings is 2. The molecule has 0 radical (unpaired) electrons. The van der Waals surface area contributed by atoms with Crippen molar-refractivity contribution in [2.24, 2.45) is 0 Å². The van der Waals surface area contributed by atoms with Crippen molar-refractivity contribution in [3.63, 3.8) is 0 Å². The molecule has 0 amide bonds. The van der Waals surface area contributed by atoms with Gasteiger partial charge in [-0.3, -0.25) is 4.90 Å². The predicted molar refractivity (Wildman–Crippen MR) is 113 cm³/mol. The van der Waals surface area contributed by atoms with Gasteiger partial charge in [0.05, 0.1) is 6.10 Å². The highest BCUT2D eigenvalue weighted by Crippen LogP contribution is 2.27. The lowest BCUT2D eigenvalue weighted by molar-refractivity contribution is -0.274. The average Bonchev–Trinajstić information content (AvgIpc) is 2.75. The third-order valence-electron chi connectivity index (χ3n) is 5.36. The van der Waals surface area contributed by atoms with Crippen molar-refractivity contribution in [3.05, 3.63) is 77.8 Å². The molecule has 1 fully saturated rings. The van der Waals surface area contributed by atoms with E-state index in [0.717, 1.165) is 17.0 Å². The second-order valence-corrected chi connectivity index (χ2v) is 7.74. The van der Waals surface area contributed by atoms with E-state index in [1.54, 1.807) is 12.1 Å². The molecule has 4 rings (SSSR count). The minimum atomic E-state index is -4.74. The summed E-state index contributed by atoms with van der Waals surface area (Å²) < 4.78 is 54.4. The number of aliphatic hydroxyl groups is 1. The van der Waals surface area contributed by atoms with Gasteiger partial charge in [0, 0.05) is 30.2 Å². The van der Waals surface area contributed by atoms with Gasteiger partial charge in [0.1, 0.15) is 17.7 Å². The van der Waals surface area contributed by atoms with E-state index < -0.39 is 6.36 Å². The summed E-state index contributed by atoms with van der Waals surface area (Å²) in [5.41, 5.74) is 2.91. The van der Waals surface area contributed by atoms with Crippen LogP contribution in [0.15, 0.2) is 66.4 Å². The number of nitrogens with one attached hydrogen (secondary N) is 2. The van der Waals surface area contributed by atoms with Crippen LogP contribution in [-0.4, -0.2) is 41.7 Å². The lowest BCUT2D eigenvalue weighted by atomic mass is 10.0. The van der Waals surface area contributed by atoms with Crippen molar-refractivity contribution in [1.29, 1.82) is 0 Å². The standard InChI is InChI=1S/C23H23F4N3O2/c24-16-3-1-15(2-4-16)21-13-18(14-22(29-21)30-11-9-19(31)10-12-30)28-17-5-7-20(8-6-17)32-23(25,26)27/h1-8,13-14,19,22,28-29,31H,9-12H2. The van der Waals surface area contributed by atoms with Gasteiger partial charge in [-0.25, -0.2) is 4.39 Å². The number of anilines is 1. The Morgan fingerprint density at radius 1 is 1.00 bits per heavy atom. The Hall–Kier alpha value is -3.04. The zero-order chi connectivity index (χ0) is 22.7. The Bertz CT molecular complexity index is 980. The van der Waals surface area contributed by atoms with Gasteiger partial charge in [-0.15, -0.1) is 13.2 Å². The molecule has 2 aromatic rings. The minimum Gasteiger partial charge on any atom is -0.406 e. The number of nitrogens with zero attached hydrogens (tertiary/aromatic N) is 1. The Kier molecular flexibility index (Phi) is 6.38. The molecule has 2 heterocycles. The Labute approximate surface area is 183 Å². The maximum absolute atomic E-state index is 13.4. The summed E-state index contributed by atoms with van der Waals surface area (Å²) in [7, 11) is 0. The molecule has 170 valence electrons. The Morgan fingerprint density at radius 2 is 1.66 bits per heavy atom. The smallest absolute Gasteiger partial charge is 0.406 e. The van der Waals surface area contributed by atoms with Crippen molar-refractivity contribution in [3.8, 4) is 5.75 Å². The first-order valence-electron chi connectivity index (χ1n) is 10.3. The summed E-state index contributed by atoms with van der Waals surface area (Å²) in [5.74, 6) is -0.628. The molecule has 0 saturated carbocycles. The van der Waals surface area contributed by atoms with Gasteiger partial charge in [0.2, 0.25) is 0 Å². The zero-order valence-corrected chi connectivity index (χ0v) is 17.1. The van der Waals surface area contributed by atoms with Crippen LogP contribution < -0.4 is 15.4 Å². The topological polar surface area (TPSA) is 56.8 Å². The van der Waals surface area contributed by atoms with E-state index >= 15 is 0 Å². The predicted octanol–water partition coefficient (Wildman–Crippen LogP) is 4.45. The minimum absolute atomic E-state index is 0.164. The van der Waals surface area contributed by atoms with E-state index in [9.17, 15) is 22.7 Å². The molecule has 1 unspecified atom stereocenters. The summed E-state index contributed by atoms with van der Waals surface area (Å²) in [4.78, 5) is 2.20. The van der Waals surface area contributed by atoms with Crippen molar-refractivity contribution in [2.45, 2.75) is 31.5 Å². The highest BCUT2D eigenvalue weighted by Gasteiger charge is 2.31. The lowest BCUT2D eigenvalue weighted by Crippen LogP contribution is -2.49. The molecule has 0 aromatic heterocycles. The number of rotatable bonds is 5. The normalized spacial score (nSPS) is 20.2. The number of piperidine rings is 1. The van der Waals surface area contributed by atoms with Crippen molar-refractivity contribution >= 4 is 11.4 Å². The molecule has 0 spiro atoms. The fourth-order valence-corrected chi connectivity index (χ4v) is 3.76. The molecule has 32 heavy (non-hydrogen) atoms. The van der Waals surface area contributed by atoms with E-state index in [-0.39, 0.29) is 23.8 Å². The molecule has 5 nitrogen and oxygen atoms in total. The summed E-state index contributed by atoms with van der Waals surface area (Å²) >= 11 is 0. The first kappa shape index (κ1) is 22.2. The number of alkyl halides is 3. The van der Waals surface area contributed by atoms with Gasteiger partial charge in [0.15, 0.2) is 0 Å².